The fourth-order valence-electron chi connectivity index (χ4n) is 14.1. The summed E-state index contributed by atoms with van der Waals surface area (Å²) in [4.78, 5) is 66.7. The van der Waals surface area contributed by atoms with E-state index in [1.54, 1.807) is 0 Å². The van der Waals surface area contributed by atoms with Gasteiger partial charge in [-0.05, 0) is 76.3 Å². The molecule has 1 heterocycles. The molecule has 0 saturated heterocycles. The van der Waals surface area contributed by atoms with E-state index in [0.717, 1.165) is 115 Å². The first kappa shape index (κ1) is 109. The summed E-state index contributed by atoms with van der Waals surface area (Å²) in [6.07, 6.45) is 68.3. The second-order valence-corrected chi connectivity index (χ2v) is 32.7. The maximum absolute atomic E-state index is 12.6. The third-order valence-corrected chi connectivity index (χ3v) is 21.4. The quantitative estimate of drug-likeness (QED) is 0.0205. The smallest absolute Gasteiger partial charge is 0.306 e. The number of nitrogens with one attached hydrogen (secondary N) is 1. The largest absolute Gasteiger partial charge is 0.475 e. The van der Waals surface area contributed by atoms with Gasteiger partial charge < -0.3 is 54.4 Å². The molecule has 1 aromatic carbocycles. The molecule has 2 rings (SSSR count). The van der Waals surface area contributed by atoms with Gasteiger partial charge in [-0.3, -0.25) is 24.0 Å². The summed E-state index contributed by atoms with van der Waals surface area (Å²) in [5.74, 6) is 0.0630. The molecule has 113 heavy (non-hydrogen) atoms. The van der Waals surface area contributed by atoms with Crippen LogP contribution in [0, 0.1) is 0 Å². The molecule has 0 aromatic heterocycles. The van der Waals surface area contributed by atoms with Crippen LogP contribution >= 0.6 is 0 Å². The molecule has 1 aliphatic rings. The van der Waals surface area contributed by atoms with Crippen LogP contribution < -0.4 is 11.1 Å². The summed E-state index contributed by atoms with van der Waals surface area (Å²) in [5.41, 5.74) is 6.66. The maximum atomic E-state index is 12.6. The highest BCUT2D eigenvalue weighted by Crippen LogP contribution is 2.22. The Labute approximate surface area is 693 Å². The number of unbranched alkanes of at least 4 members (excludes halogenated alkanes) is 44. The van der Waals surface area contributed by atoms with Crippen molar-refractivity contribution in [3.05, 3.63) is 35.9 Å². The van der Waals surface area contributed by atoms with Gasteiger partial charge in [-0.25, -0.2) is 4.99 Å². The fraction of sp³-hybridized carbons (Fsp3) is 0.875. The lowest BCUT2D eigenvalue weighted by molar-refractivity contribution is -0.151. The summed E-state index contributed by atoms with van der Waals surface area (Å²) in [6, 6.07) is 9.11. The summed E-state index contributed by atoms with van der Waals surface area (Å²) in [7, 11) is 0. The Morgan fingerprint density at radius 3 is 1.04 bits per heavy atom. The van der Waals surface area contributed by atoms with Crippen molar-refractivity contribution in [1.82, 2.24) is 5.32 Å². The standard InChI is InChI=1S/C39H75NO6.C32H53NO4.C25H51NO4/c1-4-7-10-13-15-17-19-22-24-27-36(42)32-38(43)40-35(33-41)34-45-31-30-37(28-25-21-12-9-6-3)46-39(44)29-26-23-20-18-16-14-11-8-5-2;1-3-5-7-9-10-11-12-14-19-23-31(34)37-30(22-18-13-8-6-4-2)24-25-35-26-29-27-36-32(33-29)28-20-16-15-17-21-28;1-3-5-7-9-10-11-12-14-16-18-25(28)30-24(17-15-13-8-6-4-2)19-20-29-22-23(26)21-27/h35,37,41H,4-34H2,1-3H3,(H,40,43);15-17,20-21,29-30H,3-14,18-19,22-27H2,1-2H3;23-24,27H,3-22,26H2,1-2H3/t35-,37+;29-,30-;23-,24+/m010/s1. The Morgan fingerprint density at radius 1 is 0.398 bits per heavy atom. The van der Waals surface area contributed by atoms with Crippen LogP contribution in [0.15, 0.2) is 35.3 Å². The molecule has 662 valence electrons. The molecule has 0 fully saturated rings. The molecule has 1 aliphatic heterocycles. The van der Waals surface area contributed by atoms with Gasteiger partial charge in [0.2, 0.25) is 11.8 Å². The van der Waals surface area contributed by atoms with Crippen molar-refractivity contribution in [2.24, 2.45) is 10.7 Å². The molecule has 0 aliphatic carbocycles. The van der Waals surface area contributed by atoms with E-state index >= 15 is 0 Å². The number of amides is 1. The summed E-state index contributed by atoms with van der Waals surface area (Å²) in [5, 5.41) is 21.4. The molecule has 17 nitrogen and oxygen atoms in total. The number of nitrogens with zero attached hydrogens (tertiary/aromatic N) is 1. The third-order valence-electron chi connectivity index (χ3n) is 21.4. The number of carbonyl (C=O) groups is 5. The van der Waals surface area contributed by atoms with Crippen molar-refractivity contribution in [1.29, 1.82) is 0 Å². The van der Waals surface area contributed by atoms with E-state index in [0.29, 0.717) is 84.1 Å². The number of aliphatic imine (C=N–C) groups is 1. The molecule has 0 spiro atoms. The molecule has 6 atom stereocenters. The lowest BCUT2D eigenvalue weighted by Gasteiger charge is -2.20. The number of carbonyl (C=O) groups excluding carboxylic acids is 5. The van der Waals surface area contributed by atoms with Gasteiger partial charge in [0.25, 0.3) is 0 Å². The molecular weight excluding hydrogens is 1420 g/mol. The normalized spacial score (nSPS) is 13.9. The van der Waals surface area contributed by atoms with Crippen LogP contribution in [0.4, 0.5) is 0 Å². The Morgan fingerprint density at radius 2 is 0.708 bits per heavy atom. The van der Waals surface area contributed by atoms with Crippen molar-refractivity contribution in [2.75, 3.05) is 59.5 Å². The van der Waals surface area contributed by atoms with Gasteiger partial charge in [0, 0.05) is 50.5 Å². The number of esters is 3. The van der Waals surface area contributed by atoms with Crippen LogP contribution in [0.3, 0.4) is 0 Å². The van der Waals surface area contributed by atoms with Gasteiger partial charge in [0.1, 0.15) is 36.7 Å². The van der Waals surface area contributed by atoms with Gasteiger partial charge in [-0.1, -0.05) is 349 Å². The zero-order chi connectivity index (χ0) is 82.6. The second-order valence-electron chi connectivity index (χ2n) is 32.7. The molecule has 1 aromatic rings. The van der Waals surface area contributed by atoms with Gasteiger partial charge in [-0.2, -0.15) is 0 Å². The van der Waals surface area contributed by atoms with Crippen molar-refractivity contribution in [3.8, 4) is 0 Å². The Balaban J connectivity index is 0.00000170. The Kier molecular flexibility index (Phi) is 82.8. The second kappa shape index (κ2) is 85.9. The number of ketones is 1. The minimum atomic E-state index is -0.560. The average Bonchev–Trinajstić information content (AvgIpc) is 1.74. The number of hydrogen-bond acceptors (Lipinski definition) is 16. The minimum Gasteiger partial charge on any atom is -0.475 e. The fourth-order valence-corrected chi connectivity index (χ4v) is 14.1. The van der Waals surface area contributed by atoms with Gasteiger partial charge in [-0.15, -0.1) is 0 Å². The Bertz CT molecular complexity index is 2260. The van der Waals surface area contributed by atoms with Crippen LogP contribution in [0.25, 0.3) is 0 Å². The number of ether oxygens (including phenoxy) is 7. The first-order valence-electron chi connectivity index (χ1n) is 47.7. The summed E-state index contributed by atoms with van der Waals surface area (Å²) >= 11 is 0. The summed E-state index contributed by atoms with van der Waals surface area (Å²) in [6.45, 7) is 18.3. The minimum absolute atomic E-state index is 0.0249. The monoisotopic (exact) mass is 1600 g/mol. The highest BCUT2D eigenvalue weighted by atomic mass is 16.6. The van der Waals surface area contributed by atoms with Gasteiger partial charge in [0.15, 0.2) is 0 Å². The number of aliphatic hydroxyl groups excluding tert-OH is 2. The van der Waals surface area contributed by atoms with Crippen molar-refractivity contribution in [3.63, 3.8) is 0 Å². The number of aliphatic hydroxyl groups is 2. The van der Waals surface area contributed by atoms with Crippen LogP contribution in [0.5, 0.6) is 0 Å². The molecule has 17 heteroatoms. The van der Waals surface area contributed by atoms with E-state index in [1.807, 2.05) is 30.3 Å². The van der Waals surface area contributed by atoms with E-state index in [2.05, 4.69) is 58.8 Å². The molecule has 0 unspecified atom stereocenters. The van der Waals surface area contributed by atoms with Crippen LogP contribution in [0.1, 0.15) is 452 Å². The first-order valence-corrected chi connectivity index (χ1v) is 47.7. The zero-order valence-corrected chi connectivity index (χ0v) is 74.4. The lowest BCUT2D eigenvalue weighted by Crippen LogP contribution is -2.41. The van der Waals surface area contributed by atoms with E-state index in [4.69, 9.17) is 44.0 Å². The van der Waals surface area contributed by atoms with Crippen molar-refractivity contribution >= 4 is 35.5 Å². The van der Waals surface area contributed by atoms with Crippen LogP contribution in [0.2, 0.25) is 0 Å². The number of rotatable bonds is 82. The molecule has 5 N–H and O–H groups in total. The number of nitrogens with two attached hydrogens (primary N) is 1. The lowest BCUT2D eigenvalue weighted by atomic mass is 10.0. The molecule has 0 saturated carbocycles. The van der Waals surface area contributed by atoms with Crippen molar-refractivity contribution < 1.29 is 67.3 Å². The van der Waals surface area contributed by atoms with Crippen molar-refractivity contribution in [2.45, 2.75) is 483 Å². The molecule has 0 radical (unpaired) electrons. The predicted octanol–water partition coefficient (Wildman–Crippen LogP) is 24.3. The topological polar surface area (TPSA) is 241 Å². The van der Waals surface area contributed by atoms with Crippen LogP contribution in [-0.2, 0) is 57.1 Å². The highest BCUT2D eigenvalue weighted by Gasteiger charge is 2.23. The number of Topliss-reactive ketones (excluding diaryl/α,β-unsaturated/α-hetero) is 1. The Hall–Kier alpha value is -4.00. The SMILES string of the molecule is CCCCCCCCCCCC(=O)CC(=O)N[C@@H](CO)COCC[C@@H](CCCCCCC)OC(=O)CCCCCCCCCCC.CCCCCCCCCCCC(=O)O[C@H](CCCCCCC)CCOC[C@@H](N)CO.CCCCCCCCCCCC(=O)O[C@H](CCCCCCC)CCOC[C@@H]1COC(c2ccccc2)=N1. The summed E-state index contributed by atoms with van der Waals surface area (Å²) < 4.78 is 40.5. The maximum Gasteiger partial charge on any atom is 0.306 e. The van der Waals surface area contributed by atoms with E-state index in [9.17, 15) is 29.1 Å². The van der Waals surface area contributed by atoms with Crippen LogP contribution in [-0.4, -0.2) is 142 Å². The molecular formula is C96H179N3O14. The zero-order valence-electron chi connectivity index (χ0n) is 74.4. The predicted molar refractivity (Wildman–Crippen MR) is 470 cm³/mol. The van der Waals surface area contributed by atoms with E-state index < -0.39 is 6.04 Å². The van der Waals surface area contributed by atoms with E-state index in [-0.39, 0.29) is 86.2 Å². The first-order chi connectivity index (χ1) is 55.3. The van der Waals surface area contributed by atoms with Gasteiger partial charge >= 0.3 is 17.9 Å². The average molecular weight is 1600 g/mol. The number of hydrogen-bond donors (Lipinski definition) is 4. The number of benzene rings is 1. The third kappa shape index (κ3) is 75.2. The van der Waals surface area contributed by atoms with E-state index in [1.165, 1.54) is 244 Å². The molecule has 0 bridgehead atoms. The van der Waals surface area contributed by atoms with Gasteiger partial charge in [0.05, 0.1) is 71.4 Å². The molecule has 1 amide bonds. The highest BCUT2D eigenvalue weighted by molar-refractivity contribution is 5.98.